The van der Waals surface area contributed by atoms with Crippen LogP contribution in [0.15, 0.2) is 24.3 Å². The Kier molecular flexibility index (Phi) is 7.73. The molecule has 1 aromatic carbocycles. The Hall–Kier alpha value is -2.38. The van der Waals surface area contributed by atoms with Crippen LogP contribution in [0.1, 0.15) is 51.0 Å². The number of amides is 2. The fraction of sp³-hybridized carbons (Fsp3) is 0.583. The number of carbonyl (C=O) groups is 2. The van der Waals surface area contributed by atoms with Gasteiger partial charge < -0.3 is 19.9 Å². The van der Waals surface area contributed by atoms with Crippen LogP contribution in [-0.2, 0) is 16.1 Å². The van der Waals surface area contributed by atoms with Gasteiger partial charge in [0.25, 0.3) is 5.91 Å². The Balaban J connectivity index is 1.71. The minimum absolute atomic E-state index is 0.000852. The molecule has 3 rings (SSSR count). The van der Waals surface area contributed by atoms with Crippen LogP contribution in [0.2, 0.25) is 0 Å². The molecule has 1 aromatic heterocycles. The first-order valence-corrected chi connectivity index (χ1v) is 11.3. The predicted octanol–water partition coefficient (Wildman–Crippen LogP) is 3.49. The second kappa shape index (κ2) is 10.3. The second-order valence-corrected chi connectivity index (χ2v) is 9.45. The predicted molar refractivity (Wildman–Crippen MR) is 125 cm³/mol. The molecule has 2 heterocycles. The molecule has 1 fully saturated rings. The van der Waals surface area contributed by atoms with E-state index in [1.54, 1.807) is 0 Å². The molecule has 0 saturated carbocycles. The van der Waals surface area contributed by atoms with Gasteiger partial charge in [0.1, 0.15) is 5.69 Å². The van der Waals surface area contributed by atoms with E-state index < -0.39 is 0 Å². The average molecular weight is 429 g/mol. The van der Waals surface area contributed by atoms with Crippen molar-refractivity contribution in [1.29, 1.82) is 0 Å². The standard InChI is InChI=1S/C24H36N4O3/c1-5-9-28-20-7-6-19(26-22(29)17-24(2,3)4)15-18(20)16-21(28)23(30)25-8-10-27-11-13-31-14-12-27/h6-7,15-16H,5,8-14,17H2,1-4H3,(H,25,30)(H,26,29). The van der Waals surface area contributed by atoms with Crippen molar-refractivity contribution in [1.82, 2.24) is 14.8 Å². The van der Waals surface area contributed by atoms with Gasteiger partial charge in [-0.15, -0.1) is 0 Å². The topological polar surface area (TPSA) is 75.6 Å². The van der Waals surface area contributed by atoms with Gasteiger partial charge in [-0.05, 0) is 36.1 Å². The first kappa shape index (κ1) is 23.3. The molecular weight excluding hydrogens is 392 g/mol. The third kappa shape index (κ3) is 6.55. The molecule has 2 aromatic rings. The van der Waals surface area contributed by atoms with E-state index in [0.29, 0.717) is 18.7 Å². The van der Waals surface area contributed by atoms with E-state index in [0.717, 1.165) is 62.4 Å². The molecule has 2 amide bonds. The van der Waals surface area contributed by atoms with Crippen LogP contribution in [0.5, 0.6) is 0 Å². The number of nitrogens with one attached hydrogen (secondary N) is 2. The normalized spacial score (nSPS) is 15.2. The Bertz CT molecular complexity index is 907. The van der Waals surface area contributed by atoms with Gasteiger partial charge in [-0.2, -0.15) is 0 Å². The maximum Gasteiger partial charge on any atom is 0.267 e. The number of morpholine rings is 1. The molecule has 7 heteroatoms. The van der Waals surface area contributed by atoms with Crippen molar-refractivity contribution in [3.8, 4) is 0 Å². The maximum absolute atomic E-state index is 12.9. The van der Waals surface area contributed by atoms with Gasteiger partial charge in [-0.1, -0.05) is 27.7 Å². The van der Waals surface area contributed by atoms with E-state index >= 15 is 0 Å². The summed E-state index contributed by atoms with van der Waals surface area (Å²) < 4.78 is 7.44. The molecule has 1 aliphatic heterocycles. The molecule has 31 heavy (non-hydrogen) atoms. The number of rotatable bonds is 8. The minimum Gasteiger partial charge on any atom is -0.379 e. The lowest BCUT2D eigenvalue weighted by molar-refractivity contribution is -0.117. The number of aromatic nitrogens is 1. The van der Waals surface area contributed by atoms with Crippen molar-refractivity contribution >= 4 is 28.4 Å². The number of aryl methyl sites for hydroxylation is 1. The largest absolute Gasteiger partial charge is 0.379 e. The van der Waals surface area contributed by atoms with Crippen LogP contribution < -0.4 is 10.6 Å². The number of fused-ring (bicyclic) bond motifs is 1. The zero-order valence-corrected chi connectivity index (χ0v) is 19.3. The number of benzene rings is 1. The van der Waals surface area contributed by atoms with Crippen molar-refractivity contribution in [2.75, 3.05) is 44.7 Å². The van der Waals surface area contributed by atoms with E-state index in [4.69, 9.17) is 4.74 Å². The van der Waals surface area contributed by atoms with Crippen molar-refractivity contribution in [2.45, 2.75) is 47.1 Å². The zero-order valence-electron chi connectivity index (χ0n) is 19.3. The van der Waals surface area contributed by atoms with Gasteiger partial charge >= 0.3 is 0 Å². The summed E-state index contributed by atoms with van der Waals surface area (Å²) in [5.74, 6) is -0.0582. The van der Waals surface area contributed by atoms with Crippen molar-refractivity contribution in [3.63, 3.8) is 0 Å². The molecular formula is C24H36N4O3. The third-order valence-corrected chi connectivity index (χ3v) is 5.37. The van der Waals surface area contributed by atoms with Crippen LogP contribution in [0.4, 0.5) is 5.69 Å². The Morgan fingerprint density at radius 2 is 1.84 bits per heavy atom. The molecule has 0 spiro atoms. The lowest BCUT2D eigenvalue weighted by Crippen LogP contribution is -2.41. The molecule has 1 saturated heterocycles. The van der Waals surface area contributed by atoms with E-state index in [9.17, 15) is 9.59 Å². The van der Waals surface area contributed by atoms with Crippen LogP contribution in [0.25, 0.3) is 10.9 Å². The van der Waals surface area contributed by atoms with Crippen LogP contribution >= 0.6 is 0 Å². The molecule has 0 atom stereocenters. The summed E-state index contributed by atoms with van der Waals surface area (Å²) in [6, 6.07) is 7.78. The van der Waals surface area contributed by atoms with Gasteiger partial charge in [-0.25, -0.2) is 0 Å². The molecule has 170 valence electrons. The van der Waals surface area contributed by atoms with E-state index in [1.807, 2.05) is 45.0 Å². The summed E-state index contributed by atoms with van der Waals surface area (Å²) in [5.41, 5.74) is 2.37. The smallest absolute Gasteiger partial charge is 0.267 e. The zero-order chi connectivity index (χ0) is 22.4. The van der Waals surface area contributed by atoms with Crippen LogP contribution in [0.3, 0.4) is 0 Å². The van der Waals surface area contributed by atoms with Crippen molar-refractivity contribution in [2.24, 2.45) is 5.41 Å². The summed E-state index contributed by atoms with van der Waals surface area (Å²) in [6.45, 7) is 13.8. The fourth-order valence-electron chi connectivity index (χ4n) is 3.93. The third-order valence-electron chi connectivity index (χ3n) is 5.37. The van der Waals surface area contributed by atoms with Gasteiger partial charge in [0.15, 0.2) is 0 Å². The SMILES string of the molecule is CCCn1c(C(=O)NCCN2CCOCC2)cc2cc(NC(=O)CC(C)(C)C)ccc21. The number of ether oxygens (including phenoxy) is 1. The van der Waals surface area contributed by atoms with Crippen LogP contribution in [-0.4, -0.2) is 60.7 Å². The Morgan fingerprint density at radius 3 is 2.52 bits per heavy atom. The molecule has 0 aliphatic carbocycles. The summed E-state index contributed by atoms with van der Waals surface area (Å²) in [7, 11) is 0. The van der Waals surface area contributed by atoms with Gasteiger partial charge in [0.2, 0.25) is 5.91 Å². The molecule has 0 radical (unpaired) electrons. The molecule has 2 N–H and O–H groups in total. The quantitative estimate of drug-likeness (QED) is 0.675. The first-order chi connectivity index (χ1) is 14.8. The highest BCUT2D eigenvalue weighted by atomic mass is 16.5. The minimum atomic E-state index is -0.0644. The molecule has 0 bridgehead atoms. The van der Waals surface area contributed by atoms with Crippen molar-refractivity contribution < 1.29 is 14.3 Å². The van der Waals surface area contributed by atoms with Gasteiger partial charge in [-0.3, -0.25) is 14.5 Å². The summed E-state index contributed by atoms with van der Waals surface area (Å²) in [6.07, 6.45) is 1.39. The molecule has 7 nitrogen and oxygen atoms in total. The van der Waals surface area contributed by atoms with E-state index in [-0.39, 0.29) is 17.2 Å². The fourth-order valence-corrected chi connectivity index (χ4v) is 3.93. The lowest BCUT2D eigenvalue weighted by Gasteiger charge is -2.26. The summed E-state index contributed by atoms with van der Waals surface area (Å²) >= 11 is 0. The first-order valence-electron chi connectivity index (χ1n) is 11.3. The monoisotopic (exact) mass is 428 g/mol. The lowest BCUT2D eigenvalue weighted by atomic mass is 9.92. The average Bonchev–Trinajstić information content (AvgIpc) is 3.05. The highest BCUT2D eigenvalue weighted by Gasteiger charge is 2.18. The molecule has 0 unspecified atom stereocenters. The highest BCUT2D eigenvalue weighted by molar-refractivity contribution is 6.00. The number of carbonyl (C=O) groups excluding carboxylic acids is 2. The number of hydrogen-bond acceptors (Lipinski definition) is 4. The summed E-state index contributed by atoms with van der Waals surface area (Å²) in [4.78, 5) is 27.5. The van der Waals surface area contributed by atoms with Gasteiger partial charge in [0.05, 0.1) is 13.2 Å². The maximum atomic E-state index is 12.9. The Morgan fingerprint density at radius 1 is 1.10 bits per heavy atom. The van der Waals surface area contributed by atoms with E-state index in [1.165, 1.54) is 0 Å². The second-order valence-electron chi connectivity index (χ2n) is 9.45. The summed E-state index contributed by atoms with van der Waals surface area (Å²) in [5, 5.41) is 7.01. The van der Waals surface area contributed by atoms with E-state index in [2.05, 4.69) is 27.0 Å². The number of hydrogen-bond donors (Lipinski definition) is 2. The van der Waals surface area contributed by atoms with Crippen molar-refractivity contribution in [3.05, 3.63) is 30.0 Å². The Labute approximate surface area is 185 Å². The number of anilines is 1. The highest BCUT2D eigenvalue weighted by Crippen LogP contribution is 2.25. The van der Waals surface area contributed by atoms with Gasteiger partial charge in [0, 0.05) is 55.7 Å². The number of nitrogens with zero attached hydrogens (tertiary/aromatic N) is 2. The van der Waals surface area contributed by atoms with Crippen LogP contribution in [0, 0.1) is 5.41 Å². The molecule has 1 aliphatic rings.